The van der Waals surface area contributed by atoms with Crippen molar-refractivity contribution in [1.82, 2.24) is 0 Å². The molecule has 0 aromatic heterocycles. The minimum atomic E-state index is -0.552. The molecule has 0 saturated heterocycles. The molecule has 0 aromatic rings. The van der Waals surface area contributed by atoms with Crippen LogP contribution < -0.4 is 5.73 Å². The van der Waals surface area contributed by atoms with Crippen molar-refractivity contribution in [3.63, 3.8) is 0 Å². The van der Waals surface area contributed by atoms with Gasteiger partial charge in [-0.05, 0) is 41.0 Å². The zero-order valence-corrected chi connectivity index (χ0v) is 9.76. The molecule has 1 unspecified atom stereocenters. The van der Waals surface area contributed by atoms with E-state index in [4.69, 9.17) is 10.5 Å². The zero-order chi connectivity index (χ0) is 11.4. The summed E-state index contributed by atoms with van der Waals surface area (Å²) in [5, 5.41) is 0. The number of hydrogen-bond acceptors (Lipinski definition) is 3. The Kier molecular flexibility index (Phi) is 4.85. The third-order valence-electron chi connectivity index (χ3n) is 1.49. The van der Waals surface area contributed by atoms with Crippen LogP contribution in [-0.2, 0) is 9.53 Å². The minimum Gasteiger partial charge on any atom is -0.459 e. The van der Waals surface area contributed by atoms with Crippen LogP contribution in [0.15, 0.2) is 11.6 Å². The van der Waals surface area contributed by atoms with Gasteiger partial charge in [-0.1, -0.05) is 11.6 Å². The first-order valence-corrected chi connectivity index (χ1v) is 4.84. The van der Waals surface area contributed by atoms with Crippen LogP contribution in [0, 0.1) is 0 Å². The van der Waals surface area contributed by atoms with Gasteiger partial charge in [-0.25, -0.2) is 0 Å². The molecule has 14 heavy (non-hydrogen) atoms. The Balaban J connectivity index is 4.07. The lowest BCUT2D eigenvalue weighted by atomic mass is 10.1. The van der Waals surface area contributed by atoms with Gasteiger partial charge in [-0.3, -0.25) is 4.79 Å². The summed E-state index contributed by atoms with van der Waals surface area (Å²) in [6, 6.07) is -0.552. The second-order valence-electron chi connectivity index (χ2n) is 4.66. The number of esters is 1. The third-order valence-corrected chi connectivity index (χ3v) is 1.49. The van der Waals surface area contributed by atoms with E-state index < -0.39 is 11.6 Å². The first-order valence-electron chi connectivity index (χ1n) is 4.84. The smallest absolute Gasteiger partial charge is 0.323 e. The maximum absolute atomic E-state index is 11.4. The lowest BCUT2D eigenvalue weighted by molar-refractivity contribution is -0.156. The van der Waals surface area contributed by atoms with E-state index in [1.807, 2.05) is 40.7 Å². The van der Waals surface area contributed by atoms with Crippen molar-refractivity contribution in [3.05, 3.63) is 11.6 Å². The van der Waals surface area contributed by atoms with Crippen LogP contribution in [0.4, 0.5) is 0 Å². The molecule has 0 amide bonds. The summed E-state index contributed by atoms with van der Waals surface area (Å²) in [4.78, 5) is 11.4. The first kappa shape index (κ1) is 13.2. The van der Waals surface area contributed by atoms with E-state index in [-0.39, 0.29) is 5.97 Å². The van der Waals surface area contributed by atoms with E-state index in [1.54, 1.807) is 0 Å². The summed E-state index contributed by atoms with van der Waals surface area (Å²) in [5.41, 5.74) is 6.35. The number of carbonyl (C=O) groups excluding carboxylic acids is 1. The molecule has 0 heterocycles. The van der Waals surface area contributed by atoms with Crippen LogP contribution in [0.1, 0.15) is 41.0 Å². The van der Waals surface area contributed by atoms with Gasteiger partial charge in [0, 0.05) is 0 Å². The topological polar surface area (TPSA) is 52.3 Å². The van der Waals surface area contributed by atoms with Crippen molar-refractivity contribution in [3.8, 4) is 0 Å². The molecule has 0 aliphatic rings. The molecular weight excluding hydrogens is 178 g/mol. The summed E-state index contributed by atoms with van der Waals surface area (Å²) in [5.74, 6) is -0.338. The summed E-state index contributed by atoms with van der Waals surface area (Å²) in [7, 11) is 0. The van der Waals surface area contributed by atoms with Crippen molar-refractivity contribution < 1.29 is 9.53 Å². The quantitative estimate of drug-likeness (QED) is 0.559. The lowest BCUT2D eigenvalue weighted by Crippen LogP contribution is -2.37. The van der Waals surface area contributed by atoms with Crippen molar-refractivity contribution in [2.75, 3.05) is 0 Å². The maximum Gasteiger partial charge on any atom is 0.323 e. The molecule has 82 valence electrons. The van der Waals surface area contributed by atoms with E-state index in [0.29, 0.717) is 6.42 Å². The van der Waals surface area contributed by atoms with E-state index in [9.17, 15) is 4.79 Å². The van der Waals surface area contributed by atoms with Gasteiger partial charge in [0.05, 0.1) is 0 Å². The highest BCUT2D eigenvalue weighted by Gasteiger charge is 2.20. The molecule has 0 radical (unpaired) electrons. The molecule has 0 saturated carbocycles. The van der Waals surface area contributed by atoms with Crippen LogP contribution in [0.25, 0.3) is 0 Å². The molecule has 1 atom stereocenters. The van der Waals surface area contributed by atoms with Gasteiger partial charge in [0.1, 0.15) is 11.6 Å². The summed E-state index contributed by atoms with van der Waals surface area (Å²) >= 11 is 0. The maximum atomic E-state index is 11.4. The molecular formula is C11H21NO2. The Hall–Kier alpha value is -0.830. The molecule has 0 bridgehead atoms. The number of carbonyl (C=O) groups is 1. The Bertz CT molecular complexity index is 222. The monoisotopic (exact) mass is 199 g/mol. The number of rotatable bonds is 3. The number of nitrogens with two attached hydrogens (primary N) is 1. The standard InChI is InChI=1S/C11H21NO2/c1-8(2)6-7-9(12)10(13)14-11(3,4)5/h6,9H,7,12H2,1-5H3. The Labute approximate surface area is 86.3 Å². The van der Waals surface area contributed by atoms with Crippen molar-refractivity contribution in [2.45, 2.75) is 52.7 Å². The van der Waals surface area contributed by atoms with Gasteiger partial charge in [0.2, 0.25) is 0 Å². The average Bonchev–Trinajstić information content (AvgIpc) is 1.96. The molecule has 0 rings (SSSR count). The zero-order valence-electron chi connectivity index (χ0n) is 9.76. The second kappa shape index (κ2) is 5.15. The van der Waals surface area contributed by atoms with E-state index in [2.05, 4.69) is 0 Å². The van der Waals surface area contributed by atoms with E-state index in [0.717, 1.165) is 5.57 Å². The van der Waals surface area contributed by atoms with Crippen molar-refractivity contribution in [2.24, 2.45) is 5.73 Å². The summed E-state index contributed by atoms with van der Waals surface area (Å²) < 4.78 is 5.14. The molecule has 0 aliphatic heterocycles. The fourth-order valence-electron chi connectivity index (χ4n) is 0.836. The number of allylic oxidation sites excluding steroid dienone is 1. The Morgan fingerprint density at radius 1 is 1.43 bits per heavy atom. The molecule has 2 N–H and O–H groups in total. The highest BCUT2D eigenvalue weighted by molar-refractivity contribution is 5.76. The third kappa shape index (κ3) is 6.66. The molecule has 0 aromatic carbocycles. The molecule has 0 aliphatic carbocycles. The minimum absolute atomic E-state index is 0.338. The van der Waals surface area contributed by atoms with Gasteiger partial charge in [-0.2, -0.15) is 0 Å². The van der Waals surface area contributed by atoms with Crippen LogP contribution in [-0.4, -0.2) is 17.6 Å². The summed E-state index contributed by atoms with van der Waals surface area (Å²) in [6.45, 7) is 9.44. The van der Waals surface area contributed by atoms with Gasteiger partial charge in [0.15, 0.2) is 0 Å². The van der Waals surface area contributed by atoms with Gasteiger partial charge in [0.25, 0.3) is 0 Å². The molecule has 0 spiro atoms. The van der Waals surface area contributed by atoms with Gasteiger partial charge >= 0.3 is 5.97 Å². The normalized spacial score (nSPS) is 13.3. The SMILES string of the molecule is CC(C)=CCC(N)C(=O)OC(C)(C)C. The highest BCUT2D eigenvalue weighted by Crippen LogP contribution is 2.09. The fraction of sp³-hybridized carbons (Fsp3) is 0.727. The number of hydrogen-bond donors (Lipinski definition) is 1. The van der Waals surface area contributed by atoms with Crippen LogP contribution in [0.5, 0.6) is 0 Å². The molecule has 3 nitrogen and oxygen atoms in total. The summed E-state index contributed by atoms with van der Waals surface area (Å²) in [6.07, 6.45) is 2.48. The lowest BCUT2D eigenvalue weighted by Gasteiger charge is -2.21. The predicted molar refractivity (Wildman–Crippen MR) is 57.9 cm³/mol. The van der Waals surface area contributed by atoms with Crippen molar-refractivity contribution >= 4 is 5.97 Å². The first-order chi connectivity index (χ1) is 6.22. The fourth-order valence-corrected chi connectivity index (χ4v) is 0.836. The molecule has 3 heteroatoms. The van der Waals surface area contributed by atoms with Crippen LogP contribution in [0.2, 0.25) is 0 Å². The highest BCUT2D eigenvalue weighted by atomic mass is 16.6. The van der Waals surface area contributed by atoms with E-state index >= 15 is 0 Å². The predicted octanol–water partition coefficient (Wildman–Crippen LogP) is 2.01. The largest absolute Gasteiger partial charge is 0.459 e. The number of ether oxygens (including phenoxy) is 1. The van der Waals surface area contributed by atoms with Crippen LogP contribution >= 0.6 is 0 Å². The average molecular weight is 199 g/mol. The molecule has 0 fully saturated rings. The van der Waals surface area contributed by atoms with Gasteiger partial charge in [-0.15, -0.1) is 0 Å². The van der Waals surface area contributed by atoms with Crippen molar-refractivity contribution in [1.29, 1.82) is 0 Å². The Morgan fingerprint density at radius 2 is 1.93 bits per heavy atom. The van der Waals surface area contributed by atoms with E-state index in [1.165, 1.54) is 0 Å². The second-order valence-corrected chi connectivity index (χ2v) is 4.66. The van der Waals surface area contributed by atoms with Gasteiger partial charge < -0.3 is 10.5 Å². The Morgan fingerprint density at radius 3 is 2.29 bits per heavy atom. The van der Waals surface area contributed by atoms with Crippen LogP contribution in [0.3, 0.4) is 0 Å².